The maximum absolute atomic E-state index is 11.0. The molecule has 2 nitrogen and oxygen atoms in total. The Bertz CT molecular complexity index is 691. The molecule has 1 N–H and O–H groups in total. The molecular weight excluding hydrogens is 428 g/mol. The third-order valence-electron chi connectivity index (χ3n) is 12.2. The van der Waals surface area contributed by atoms with Gasteiger partial charge in [0.15, 0.2) is 0 Å². The number of aliphatic hydroxyl groups is 1. The molecule has 0 radical (unpaired) electrons. The zero-order valence-corrected chi connectivity index (χ0v) is 25.2. The highest BCUT2D eigenvalue weighted by Gasteiger charge is 2.61. The maximum Gasteiger partial charge on any atom is 0.0648 e. The highest BCUT2D eigenvalue weighted by Crippen LogP contribution is 2.69. The van der Waals surface area contributed by atoms with Crippen LogP contribution in [-0.4, -0.2) is 23.4 Å². The number of fused-ring (bicyclic) bond motifs is 5. The minimum absolute atomic E-state index is 0. The molecule has 0 aromatic heterocycles. The Kier molecular flexibility index (Phi) is 9.56. The lowest BCUT2D eigenvalue weighted by Gasteiger charge is -2.62. The fraction of sp³-hybridized carbons (Fsp3) is 1.00. The standard InChI is InChI=1S/C30H54O2.C3H8.4H2/c1-8-30(31)19-18-28(5)22(20-30)11-12-23-25-14-13-24(29(25,6)17-15-26(23)28)21(2)10-9-16-27(3,4)32-7;1-3-2;;;;/h21-26,31H,8-20H2,1-7H3;3H2,1-2H3;4*1H/t21-,22?,23+,24?,25?,26?,28+,29-,30+;;;;;/m1...../s1. The van der Waals surface area contributed by atoms with Gasteiger partial charge in [0.1, 0.15) is 0 Å². The van der Waals surface area contributed by atoms with Crippen LogP contribution >= 0.6 is 0 Å². The van der Waals surface area contributed by atoms with Crippen LogP contribution in [0.4, 0.5) is 0 Å². The molecule has 4 aliphatic rings. The van der Waals surface area contributed by atoms with E-state index in [9.17, 15) is 5.11 Å². The molecular formula is C33H70O2. The molecule has 0 aliphatic heterocycles. The molecule has 0 bridgehead atoms. The van der Waals surface area contributed by atoms with E-state index in [1.165, 1.54) is 70.6 Å². The molecule has 4 unspecified atom stereocenters. The normalized spacial score (nSPS) is 43.9. The van der Waals surface area contributed by atoms with Crippen LogP contribution in [0.2, 0.25) is 0 Å². The Hall–Kier alpha value is -0.0800. The van der Waals surface area contributed by atoms with Crippen LogP contribution in [0, 0.1) is 46.3 Å². The van der Waals surface area contributed by atoms with Crippen molar-refractivity contribution in [3.8, 4) is 0 Å². The van der Waals surface area contributed by atoms with Crippen molar-refractivity contribution in [1.29, 1.82) is 0 Å². The Morgan fingerprint density at radius 3 is 2.23 bits per heavy atom. The van der Waals surface area contributed by atoms with Crippen LogP contribution in [0.3, 0.4) is 0 Å². The van der Waals surface area contributed by atoms with Gasteiger partial charge in [0.25, 0.3) is 0 Å². The van der Waals surface area contributed by atoms with Crippen molar-refractivity contribution in [2.45, 2.75) is 156 Å². The average Bonchev–Trinajstić information content (AvgIpc) is 3.17. The smallest absolute Gasteiger partial charge is 0.0648 e. The van der Waals surface area contributed by atoms with Crippen LogP contribution < -0.4 is 0 Å². The van der Waals surface area contributed by atoms with Gasteiger partial charge in [-0.3, -0.25) is 0 Å². The summed E-state index contributed by atoms with van der Waals surface area (Å²) >= 11 is 0. The predicted molar refractivity (Wildman–Crippen MR) is 159 cm³/mol. The summed E-state index contributed by atoms with van der Waals surface area (Å²) < 4.78 is 5.67. The molecule has 0 aromatic carbocycles. The number of rotatable bonds is 7. The monoisotopic (exact) mass is 499 g/mol. The molecule has 4 rings (SSSR count). The molecule has 2 heteroatoms. The zero-order valence-electron chi connectivity index (χ0n) is 25.2. The summed E-state index contributed by atoms with van der Waals surface area (Å²) in [6, 6.07) is 0. The molecule has 9 atom stereocenters. The van der Waals surface area contributed by atoms with Crippen LogP contribution in [0.5, 0.6) is 0 Å². The molecule has 0 amide bonds. The zero-order chi connectivity index (χ0) is 26.1. The topological polar surface area (TPSA) is 29.5 Å². The van der Waals surface area contributed by atoms with E-state index in [4.69, 9.17) is 4.74 Å². The minimum atomic E-state index is -0.370. The first-order valence-corrected chi connectivity index (χ1v) is 15.7. The van der Waals surface area contributed by atoms with Gasteiger partial charge in [0, 0.05) is 12.8 Å². The Balaban J connectivity index is 0. The van der Waals surface area contributed by atoms with Crippen LogP contribution in [0.25, 0.3) is 0 Å². The molecule has 214 valence electrons. The van der Waals surface area contributed by atoms with Gasteiger partial charge in [-0.25, -0.2) is 0 Å². The quantitative estimate of drug-likeness (QED) is 0.378. The number of ether oxygens (including phenoxy) is 1. The molecule has 0 saturated heterocycles. The summed E-state index contributed by atoms with van der Waals surface area (Å²) in [4.78, 5) is 0. The van der Waals surface area contributed by atoms with E-state index >= 15 is 0 Å². The van der Waals surface area contributed by atoms with E-state index in [-0.39, 0.29) is 16.9 Å². The van der Waals surface area contributed by atoms with Gasteiger partial charge in [-0.2, -0.15) is 0 Å². The number of hydrogen-bond acceptors (Lipinski definition) is 2. The molecule has 0 aromatic rings. The predicted octanol–water partition coefficient (Wildman–Crippen LogP) is 10.4. The first-order chi connectivity index (χ1) is 16.4. The van der Waals surface area contributed by atoms with Crippen molar-refractivity contribution in [1.82, 2.24) is 0 Å². The van der Waals surface area contributed by atoms with Crippen LogP contribution in [-0.2, 0) is 4.74 Å². The van der Waals surface area contributed by atoms with Gasteiger partial charge < -0.3 is 9.84 Å². The second-order valence-electron chi connectivity index (χ2n) is 14.7. The summed E-state index contributed by atoms with van der Waals surface area (Å²) in [7, 11) is 1.86. The van der Waals surface area contributed by atoms with Crippen molar-refractivity contribution in [2.75, 3.05) is 7.11 Å². The SMILES string of the molecule is CCC.CC[C@]1(O)CC[C@@]2(C)C(CC[C@@H]3C2CC[C@@]2(C)C3CCC2[C@H](C)CCCC(C)(C)OC)C1.[HH].[HH].[HH].[HH]. The molecule has 4 aliphatic carbocycles. The van der Waals surface area contributed by atoms with Crippen molar-refractivity contribution >= 4 is 0 Å². The largest absolute Gasteiger partial charge is 0.390 e. The first-order valence-electron chi connectivity index (χ1n) is 15.7. The van der Waals surface area contributed by atoms with Crippen LogP contribution in [0.15, 0.2) is 0 Å². The lowest BCUT2D eigenvalue weighted by molar-refractivity contribution is -0.152. The third-order valence-corrected chi connectivity index (χ3v) is 12.2. The summed E-state index contributed by atoms with van der Waals surface area (Å²) in [5, 5.41) is 11.0. The minimum Gasteiger partial charge on any atom is -0.390 e. The molecule has 0 heterocycles. The van der Waals surface area contributed by atoms with Gasteiger partial charge in [-0.05, 0) is 131 Å². The number of hydrogen-bond donors (Lipinski definition) is 1. The van der Waals surface area contributed by atoms with Gasteiger partial charge in [-0.15, -0.1) is 0 Å². The van der Waals surface area contributed by atoms with Gasteiger partial charge in [0.2, 0.25) is 0 Å². The van der Waals surface area contributed by atoms with Crippen molar-refractivity contribution in [3.05, 3.63) is 0 Å². The highest BCUT2D eigenvalue weighted by molar-refractivity contribution is 5.10. The van der Waals surface area contributed by atoms with E-state index in [0.717, 1.165) is 54.8 Å². The third kappa shape index (κ3) is 5.84. The Morgan fingerprint density at radius 2 is 1.60 bits per heavy atom. The molecule has 4 saturated carbocycles. The number of methoxy groups -OCH3 is 1. The fourth-order valence-corrected chi connectivity index (χ4v) is 9.77. The fourth-order valence-electron chi connectivity index (χ4n) is 9.77. The van der Waals surface area contributed by atoms with E-state index in [0.29, 0.717) is 10.8 Å². The van der Waals surface area contributed by atoms with Gasteiger partial charge in [-0.1, -0.05) is 60.8 Å². The maximum atomic E-state index is 11.0. The van der Waals surface area contributed by atoms with E-state index in [1.807, 2.05) is 7.11 Å². The van der Waals surface area contributed by atoms with Gasteiger partial charge in [0.05, 0.1) is 11.2 Å². The summed E-state index contributed by atoms with van der Waals surface area (Å²) in [5.74, 6) is 5.34. The lowest BCUT2D eigenvalue weighted by Crippen LogP contribution is -2.56. The van der Waals surface area contributed by atoms with E-state index < -0.39 is 0 Å². The molecule has 35 heavy (non-hydrogen) atoms. The second kappa shape index (κ2) is 11.3. The molecule has 0 spiro atoms. The van der Waals surface area contributed by atoms with Crippen molar-refractivity contribution in [3.63, 3.8) is 0 Å². The summed E-state index contributed by atoms with van der Waals surface area (Å²) in [5.41, 5.74) is 0.712. The average molecular weight is 499 g/mol. The molecule has 4 fully saturated rings. The summed E-state index contributed by atoms with van der Waals surface area (Å²) in [6.45, 7) is 18.8. The van der Waals surface area contributed by atoms with Gasteiger partial charge >= 0.3 is 0 Å². The summed E-state index contributed by atoms with van der Waals surface area (Å²) in [6.07, 6.45) is 18.1. The van der Waals surface area contributed by atoms with Crippen LogP contribution in [0.1, 0.15) is 151 Å². The lowest BCUT2D eigenvalue weighted by atomic mass is 9.43. The van der Waals surface area contributed by atoms with E-state index in [1.54, 1.807) is 0 Å². The Labute approximate surface area is 225 Å². The highest BCUT2D eigenvalue weighted by atomic mass is 16.5. The van der Waals surface area contributed by atoms with Crippen molar-refractivity contribution < 1.29 is 15.5 Å². The van der Waals surface area contributed by atoms with E-state index in [2.05, 4.69) is 55.4 Å². The Morgan fingerprint density at radius 1 is 0.943 bits per heavy atom. The van der Waals surface area contributed by atoms with Crippen molar-refractivity contribution in [2.24, 2.45) is 46.3 Å². The second-order valence-corrected chi connectivity index (χ2v) is 14.7. The first kappa shape index (κ1) is 29.5.